The normalized spacial score (nSPS) is 56.9. The summed E-state index contributed by atoms with van der Waals surface area (Å²) in [4.78, 5) is 0. The number of fused-ring (bicyclic) bond motifs is 7. The monoisotopic (exact) mass is 898 g/mol. The van der Waals surface area contributed by atoms with Crippen molar-refractivity contribution in [2.45, 2.75) is 202 Å². The predicted molar refractivity (Wildman–Crippen MR) is 219 cm³/mol. The van der Waals surface area contributed by atoms with E-state index < -0.39 is 118 Å². The maximum Gasteiger partial charge on any atom is 0.187 e. The van der Waals surface area contributed by atoms with Crippen LogP contribution in [0.15, 0.2) is 11.6 Å². The number of aliphatic hydroxyl groups is 9. The Kier molecular flexibility index (Phi) is 13.4. The molecule has 9 aliphatic rings. The first-order valence-corrected chi connectivity index (χ1v) is 23.8. The van der Waals surface area contributed by atoms with Gasteiger partial charge >= 0.3 is 0 Å². The van der Waals surface area contributed by atoms with Crippen LogP contribution in [0.1, 0.15) is 92.4 Å². The zero-order chi connectivity index (χ0) is 44.9. The summed E-state index contributed by atoms with van der Waals surface area (Å²) < 4.78 is 50.5. The molecule has 0 aromatic heterocycles. The number of hydrogen-bond donors (Lipinski definition) is 9. The fraction of sp³-hybridized carbons (Fsp3) is 0.957. The van der Waals surface area contributed by atoms with Gasteiger partial charge in [0, 0.05) is 12.3 Å². The average Bonchev–Trinajstić information content (AvgIpc) is 3.72. The van der Waals surface area contributed by atoms with Gasteiger partial charge in [-0.05, 0) is 98.7 Å². The molecule has 5 saturated heterocycles. The van der Waals surface area contributed by atoms with Gasteiger partial charge in [-0.1, -0.05) is 39.3 Å². The molecule has 0 bridgehead atoms. The van der Waals surface area contributed by atoms with Crippen molar-refractivity contribution in [3.8, 4) is 0 Å². The molecule has 0 aromatic rings. The molecule has 4 aliphatic carbocycles. The Hall–Kier alpha value is -0.940. The third-order valence-corrected chi connectivity index (χ3v) is 18.0. The first-order valence-electron chi connectivity index (χ1n) is 23.8. The van der Waals surface area contributed by atoms with Crippen molar-refractivity contribution >= 4 is 0 Å². The van der Waals surface area contributed by atoms with E-state index in [1.165, 1.54) is 12.5 Å². The highest BCUT2D eigenvalue weighted by atomic mass is 16.7. The summed E-state index contributed by atoms with van der Waals surface area (Å²) in [5.41, 5.74) is 1.50. The topological polar surface area (TPSA) is 256 Å². The van der Waals surface area contributed by atoms with Gasteiger partial charge in [0.1, 0.15) is 73.2 Å². The Bertz CT molecular complexity index is 1630. The van der Waals surface area contributed by atoms with Crippen LogP contribution < -0.4 is 0 Å². The molecule has 360 valence electrons. The summed E-state index contributed by atoms with van der Waals surface area (Å²) >= 11 is 0. The molecule has 0 amide bonds. The summed E-state index contributed by atoms with van der Waals surface area (Å²) in [5, 5.41) is 95.4. The van der Waals surface area contributed by atoms with E-state index in [4.69, 9.17) is 37.9 Å². The van der Waals surface area contributed by atoms with Crippen molar-refractivity contribution < 1.29 is 83.9 Å². The van der Waals surface area contributed by atoms with Crippen molar-refractivity contribution in [2.24, 2.45) is 46.3 Å². The van der Waals surface area contributed by atoms with E-state index in [1.807, 2.05) is 0 Å². The lowest BCUT2D eigenvalue weighted by molar-refractivity contribution is -0.369. The standard InChI is InChI=1S/C46H74O17/c1-20-8-13-46(57-18-20)21(2)32-28(63-46)15-27-25-7-6-23-14-24(9-11-44(23,4)26(25)10-12-45(27,32)5)59-43-41(56-19-31-35(51)38(54)34(50)29(16-47)60-31)40(36(52)30(17-48)61-43)62-42-39(55)37(53)33(49)22(3)58-42/h6,20-22,24-43,47-55H,7-19H2,1-5H3/t20-,21+,22+,24-,25-,26-,27-,28-,29-,30-,31+,32-,33+,34-,35+,36-,37-,38+,39-,40+,41-,42+,43-,44+,45+,46-/m1/s1. The first kappa shape index (κ1) is 47.1. The number of hydrogen-bond acceptors (Lipinski definition) is 17. The first-order chi connectivity index (χ1) is 29.9. The summed E-state index contributed by atoms with van der Waals surface area (Å²) in [7, 11) is 0. The molecular formula is C46H74O17. The van der Waals surface area contributed by atoms with Crippen molar-refractivity contribution in [3.05, 3.63) is 11.6 Å². The van der Waals surface area contributed by atoms with Crippen LogP contribution in [0.25, 0.3) is 0 Å². The van der Waals surface area contributed by atoms with Crippen LogP contribution in [-0.2, 0) is 37.9 Å². The molecule has 9 rings (SSSR count). The molecule has 17 nitrogen and oxygen atoms in total. The van der Waals surface area contributed by atoms with E-state index in [2.05, 4.69) is 33.8 Å². The zero-order valence-corrected chi connectivity index (χ0v) is 37.3. The highest BCUT2D eigenvalue weighted by Gasteiger charge is 2.69. The second-order valence-corrected chi connectivity index (χ2v) is 21.4. The molecular weight excluding hydrogens is 824 g/mol. The predicted octanol–water partition coefficient (Wildman–Crippen LogP) is 0.257. The van der Waals surface area contributed by atoms with Crippen molar-refractivity contribution in [1.82, 2.24) is 0 Å². The molecule has 0 aromatic carbocycles. The average molecular weight is 899 g/mol. The van der Waals surface area contributed by atoms with Crippen LogP contribution in [0.4, 0.5) is 0 Å². The van der Waals surface area contributed by atoms with Crippen LogP contribution in [0.3, 0.4) is 0 Å². The summed E-state index contributed by atoms with van der Waals surface area (Å²) in [6.45, 7) is 10.1. The number of allylic oxidation sites excluding steroid dienone is 1. The van der Waals surface area contributed by atoms with Gasteiger partial charge in [-0.15, -0.1) is 0 Å². The van der Waals surface area contributed by atoms with Gasteiger partial charge in [-0.25, -0.2) is 0 Å². The van der Waals surface area contributed by atoms with Gasteiger partial charge in [0.2, 0.25) is 0 Å². The minimum atomic E-state index is -1.73. The lowest BCUT2D eigenvalue weighted by atomic mass is 9.47. The summed E-state index contributed by atoms with van der Waals surface area (Å²) in [5.74, 6) is 2.57. The number of ether oxygens (including phenoxy) is 8. The molecule has 5 aliphatic heterocycles. The third-order valence-electron chi connectivity index (χ3n) is 18.0. The number of rotatable bonds is 9. The molecule has 26 atom stereocenters. The van der Waals surface area contributed by atoms with Crippen LogP contribution in [0.5, 0.6) is 0 Å². The van der Waals surface area contributed by atoms with E-state index in [1.54, 1.807) is 0 Å². The van der Waals surface area contributed by atoms with Gasteiger partial charge in [-0.2, -0.15) is 0 Å². The Morgan fingerprint density at radius 3 is 2.13 bits per heavy atom. The molecule has 0 unspecified atom stereocenters. The lowest BCUT2D eigenvalue weighted by Crippen LogP contribution is -2.66. The van der Waals surface area contributed by atoms with E-state index in [9.17, 15) is 46.0 Å². The Morgan fingerprint density at radius 2 is 1.41 bits per heavy atom. The van der Waals surface area contributed by atoms with Crippen LogP contribution in [-0.4, -0.2) is 182 Å². The molecule has 63 heavy (non-hydrogen) atoms. The van der Waals surface area contributed by atoms with E-state index >= 15 is 0 Å². The Balaban J connectivity index is 0.928. The molecule has 1 spiro atoms. The SMILES string of the molecule is C[C@@H]1CC[C@@]2(OC1)O[C@@H]1C[C@@H]3[C@@H]4CC=C5C[C@H](O[C@@H]6O[C@H](CO)[C@@H](O)[C@H](O[C@@H]7O[C@@H](C)[C@H](O)[C@@H](O)[C@H]7O)[C@H]6OC[C@@H]6O[C@H](CO)[C@@H](O)[C@H](O)[C@H]6O)CC[C@]5(C)[C@@H]4CC[C@]3(C)[C@@H]1[C@@H]2C. The third kappa shape index (κ3) is 7.91. The van der Waals surface area contributed by atoms with E-state index in [0.29, 0.717) is 48.3 Å². The minimum Gasteiger partial charge on any atom is -0.394 e. The molecule has 8 fully saturated rings. The molecule has 17 heteroatoms. The second-order valence-electron chi connectivity index (χ2n) is 21.4. The molecule has 0 radical (unpaired) electrons. The van der Waals surface area contributed by atoms with Gasteiger partial charge in [0.15, 0.2) is 18.4 Å². The zero-order valence-electron chi connectivity index (χ0n) is 37.3. The number of aliphatic hydroxyl groups excluding tert-OH is 9. The minimum absolute atomic E-state index is 0.0312. The van der Waals surface area contributed by atoms with Crippen molar-refractivity contribution in [2.75, 3.05) is 26.4 Å². The quantitative estimate of drug-likeness (QED) is 0.141. The van der Waals surface area contributed by atoms with Crippen LogP contribution in [0.2, 0.25) is 0 Å². The Morgan fingerprint density at radius 1 is 0.698 bits per heavy atom. The van der Waals surface area contributed by atoms with Gasteiger partial charge in [-0.3, -0.25) is 0 Å². The second kappa shape index (κ2) is 17.9. The molecule has 5 heterocycles. The fourth-order valence-corrected chi connectivity index (χ4v) is 14.2. The van der Waals surface area contributed by atoms with Gasteiger partial charge in [0.05, 0.1) is 44.7 Å². The van der Waals surface area contributed by atoms with Crippen LogP contribution >= 0.6 is 0 Å². The highest BCUT2D eigenvalue weighted by Crippen LogP contribution is 2.70. The van der Waals surface area contributed by atoms with Crippen LogP contribution in [0, 0.1) is 46.3 Å². The molecule has 3 saturated carbocycles. The lowest BCUT2D eigenvalue weighted by Gasteiger charge is -2.58. The molecule has 9 N–H and O–H groups in total. The van der Waals surface area contributed by atoms with Gasteiger partial charge in [0.25, 0.3) is 0 Å². The van der Waals surface area contributed by atoms with Crippen molar-refractivity contribution in [3.63, 3.8) is 0 Å². The van der Waals surface area contributed by atoms with Crippen molar-refractivity contribution in [1.29, 1.82) is 0 Å². The summed E-state index contributed by atoms with van der Waals surface area (Å²) in [6.07, 6.45) is -10.5. The van der Waals surface area contributed by atoms with E-state index in [0.717, 1.165) is 51.6 Å². The Labute approximate surface area is 369 Å². The summed E-state index contributed by atoms with van der Waals surface area (Å²) in [6, 6.07) is 0. The maximum absolute atomic E-state index is 11.6. The highest BCUT2D eigenvalue weighted by molar-refractivity contribution is 5.26. The van der Waals surface area contributed by atoms with Gasteiger partial charge < -0.3 is 83.9 Å². The van der Waals surface area contributed by atoms with E-state index in [-0.39, 0.29) is 23.0 Å². The fourth-order valence-electron chi connectivity index (χ4n) is 14.2. The largest absolute Gasteiger partial charge is 0.394 e. The maximum atomic E-state index is 11.6. The smallest absolute Gasteiger partial charge is 0.187 e.